The smallest absolute Gasteiger partial charge is 0.246 e. The molecule has 1 aliphatic heterocycles. The Hall–Kier alpha value is -2.47. The number of amides is 1. The lowest BCUT2D eigenvalue weighted by atomic mass is 10.2. The number of hydrogen-bond donors (Lipinski definition) is 0. The standard InChI is InChI=1S/C19H25N5O/c1-17-13-22(14-18-7-3-2-4-8-18)10-6-12-24(17)19(25)9-5-11-23-16-20-15-21-23/h2-5,7-9,15-17H,6,10-14H2,1H3/b9-5+. The number of allylic oxidation sites excluding steroid dienone is 1. The van der Waals surface area contributed by atoms with Gasteiger partial charge in [0.15, 0.2) is 0 Å². The second-order valence-corrected chi connectivity index (χ2v) is 6.47. The van der Waals surface area contributed by atoms with Crippen molar-refractivity contribution in [2.75, 3.05) is 19.6 Å². The fourth-order valence-electron chi connectivity index (χ4n) is 3.25. The topological polar surface area (TPSA) is 54.3 Å². The van der Waals surface area contributed by atoms with Crippen LogP contribution in [0.1, 0.15) is 18.9 Å². The fraction of sp³-hybridized carbons (Fsp3) is 0.421. The first-order valence-corrected chi connectivity index (χ1v) is 8.78. The van der Waals surface area contributed by atoms with Crippen LogP contribution in [0.25, 0.3) is 0 Å². The Morgan fingerprint density at radius 1 is 1.28 bits per heavy atom. The number of carbonyl (C=O) groups excluding carboxylic acids is 1. The molecule has 1 aromatic heterocycles. The van der Waals surface area contributed by atoms with Gasteiger partial charge in [-0.2, -0.15) is 5.10 Å². The molecule has 6 heteroatoms. The lowest BCUT2D eigenvalue weighted by molar-refractivity contribution is -0.127. The van der Waals surface area contributed by atoms with Gasteiger partial charge in [0.2, 0.25) is 5.91 Å². The summed E-state index contributed by atoms with van der Waals surface area (Å²) in [6, 6.07) is 10.7. The van der Waals surface area contributed by atoms with Gasteiger partial charge in [-0.05, 0) is 18.9 Å². The zero-order chi connectivity index (χ0) is 17.5. The van der Waals surface area contributed by atoms with E-state index in [1.807, 2.05) is 17.0 Å². The maximum absolute atomic E-state index is 12.5. The van der Waals surface area contributed by atoms with Gasteiger partial charge < -0.3 is 4.90 Å². The van der Waals surface area contributed by atoms with E-state index in [0.717, 1.165) is 32.6 Å². The Morgan fingerprint density at radius 2 is 2.12 bits per heavy atom. The van der Waals surface area contributed by atoms with Crippen LogP contribution >= 0.6 is 0 Å². The van der Waals surface area contributed by atoms with Crippen molar-refractivity contribution in [2.45, 2.75) is 32.5 Å². The first-order chi connectivity index (χ1) is 12.2. The van der Waals surface area contributed by atoms with Gasteiger partial charge >= 0.3 is 0 Å². The van der Waals surface area contributed by atoms with Crippen molar-refractivity contribution >= 4 is 5.91 Å². The Balaban J connectivity index is 1.54. The summed E-state index contributed by atoms with van der Waals surface area (Å²) >= 11 is 0. The van der Waals surface area contributed by atoms with Crippen LogP contribution in [-0.4, -0.2) is 56.1 Å². The Morgan fingerprint density at radius 3 is 2.88 bits per heavy atom. The number of hydrogen-bond acceptors (Lipinski definition) is 4. The van der Waals surface area contributed by atoms with Gasteiger partial charge in [0.25, 0.3) is 0 Å². The van der Waals surface area contributed by atoms with Crippen LogP contribution < -0.4 is 0 Å². The predicted octanol–water partition coefficient (Wildman–Crippen LogP) is 1.96. The van der Waals surface area contributed by atoms with Crippen LogP contribution in [0.3, 0.4) is 0 Å². The summed E-state index contributed by atoms with van der Waals surface area (Å²) < 4.78 is 1.69. The maximum Gasteiger partial charge on any atom is 0.246 e. The molecule has 2 heterocycles. The maximum atomic E-state index is 12.5. The number of nitrogens with zero attached hydrogens (tertiary/aromatic N) is 5. The summed E-state index contributed by atoms with van der Waals surface area (Å²) in [6.07, 6.45) is 7.64. The first-order valence-electron chi connectivity index (χ1n) is 8.78. The number of aromatic nitrogens is 3. The zero-order valence-corrected chi connectivity index (χ0v) is 14.7. The van der Waals surface area contributed by atoms with Gasteiger partial charge in [-0.3, -0.25) is 9.69 Å². The summed E-state index contributed by atoms with van der Waals surface area (Å²) in [6.45, 7) is 6.36. The molecule has 132 valence electrons. The minimum absolute atomic E-state index is 0.0779. The molecule has 1 amide bonds. The molecule has 6 nitrogen and oxygen atoms in total. The van der Waals surface area contributed by atoms with Gasteiger partial charge in [0.1, 0.15) is 12.7 Å². The third-order valence-electron chi connectivity index (χ3n) is 4.48. The van der Waals surface area contributed by atoms with Crippen molar-refractivity contribution in [1.29, 1.82) is 0 Å². The minimum atomic E-state index is 0.0779. The fourth-order valence-corrected chi connectivity index (χ4v) is 3.25. The SMILES string of the molecule is CC1CN(Cc2ccccc2)CCCN1C(=O)/C=C/Cn1cncn1. The largest absolute Gasteiger partial charge is 0.335 e. The molecule has 0 N–H and O–H groups in total. The van der Waals surface area contributed by atoms with Crippen molar-refractivity contribution in [3.05, 3.63) is 60.7 Å². The van der Waals surface area contributed by atoms with E-state index >= 15 is 0 Å². The average Bonchev–Trinajstić information content (AvgIpc) is 3.05. The highest BCUT2D eigenvalue weighted by Gasteiger charge is 2.24. The van der Waals surface area contributed by atoms with E-state index in [-0.39, 0.29) is 11.9 Å². The van der Waals surface area contributed by atoms with Crippen LogP contribution in [0.15, 0.2) is 55.1 Å². The van der Waals surface area contributed by atoms with Crippen molar-refractivity contribution in [1.82, 2.24) is 24.6 Å². The average molecular weight is 339 g/mol. The molecule has 2 aromatic rings. The van der Waals surface area contributed by atoms with Gasteiger partial charge in [-0.15, -0.1) is 0 Å². The quantitative estimate of drug-likeness (QED) is 0.782. The molecule has 0 spiro atoms. The zero-order valence-electron chi connectivity index (χ0n) is 14.7. The van der Waals surface area contributed by atoms with Crippen molar-refractivity contribution < 1.29 is 4.79 Å². The van der Waals surface area contributed by atoms with E-state index in [2.05, 4.69) is 46.2 Å². The molecule has 1 unspecified atom stereocenters. The van der Waals surface area contributed by atoms with Crippen molar-refractivity contribution in [3.8, 4) is 0 Å². The predicted molar refractivity (Wildman–Crippen MR) is 96.7 cm³/mol. The summed E-state index contributed by atoms with van der Waals surface area (Å²) in [5.74, 6) is 0.0779. The van der Waals surface area contributed by atoms with Gasteiger partial charge in [0.05, 0.1) is 6.54 Å². The summed E-state index contributed by atoms with van der Waals surface area (Å²) in [5.41, 5.74) is 1.32. The Kier molecular flexibility index (Phi) is 5.95. The van der Waals surface area contributed by atoms with E-state index in [0.29, 0.717) is 6.54 Å². The Bertz CT molecular complexity index is 683. The number of rotatable bonds is 5. The minimum Gasteiger partial charge on any atom is -0.335 e. The molecule has 0 saturated carbocycles. The summed E-state index contributed by atoms with van der Waals surface area (Å²) in [7, 11) is 0. The number of carbonyl (C=O) groups is 1. The molecule has 0 aliphatic carbocycles. The van der Waals surface area contributed by atoms with Gasteiger partial charge in [0, 0.05) is 38.3 Å². The lowest BCUT2D eigenvalue weighted by Gasteiger charge is -2.28. The second kappa shape index (κ2) is 8.58. The monoisotopic (exact) mass is 339 g/mol. The Labute approximate surface area is 148 Å². The molecule has 0 bridgehead atoms. The van der Waals surface area contributed by atoms with Crippen LogP contribution in [0, 0.1) is 0 Å². The van der Waals surface area contributed by atoms with E-state index in [9.17, 15) is 4.79 Å². The van der Waals surface area contributed by atoms with Gasteiger partial charge in [-0.1, -0.05) is 36.4 Å². The molecule has 0 radical (unpaired) electrons. The number of benzene rings is 1. The van der Waals surface area contributed by atoms with E-state index in [1.54, 1.807) is 17.1 Å². The van der Waals surface area contributed by atoms with Crippen LogP contribution in [0.4, 0.5) is 0 Å². The molecular formula is C19H25N5O. The van der Waals surface area contributed by atoms with Crippen LogP contribution in [-0.2, 0) is 17.9 Å². The molecule has 3 rings (SSSR count). The van der Waals surface area contributed by atoms with Gasteiger partial charge in [-0.25, -0.2) is 9.67 Å². The molecule has 1 atom stereocenters. The molecular weight excluding hydrogens is 314 g/mol. The highest BCUT2D eigenvalue weighted by molar-refractivity contribution is 5.87. The van der Waals surface area contributed by atoms with Crippen LogP contribution in [0.2, 0.25) is 0 Å². The lowest BCUT2D eigenvalue weighted by Crippen LogP contribution is -2.41. The highest BCUT2D eigenvalue weighted by atomic mass is 16.2. The molecule has 1 aromatic carbocycles. The summed E-state index contributed by atoms with van der Waals surface area (Å²) in [4.78, 5) is 20.8. The van der Waals surface area contributed by atoms with E-state index in [4.69, 9.17) is 0 Å². The van der Waals surface area contributed by atoms with E-state index < -0.39 is 0 Å². The van der Waals surface area contributed by atoms with Crippen molar-refractivity contribution in [3.63, 3.8) is 0 Å². The third kappa shape index (κ3) is 5.00. The third-order valence-corrected chi connectivity index (χ3v) is 4.48. The molecule has 25 heavy (non-hydrogen) atoms. The van der Waals surface area contributed by atoms with Crippen LogP contribution in [0.5, 0.6) is 0 Å². The normalized spacial score (nSPS) is 19.2. The van der Waals surface area contributed by atoms with E-state index in [1.165, 1.54) is 11.9 Å². The summed E-state index contributed by atoms with van der Waals surface area (Å²) in [5, 5.41) is 4.03. The first kappa shape index (κ1) is 17.4. The highest BCUT2D eigenvalue weighted by Crippen LogP contribution is 2.13. The van der Waals surface area contributed by atoms with Crippen molar-refractivity contribution in [2.24, 2.45) is 0 Å². The second-order valence-electron chi connectivity index (χ2n) is 6.47. The molecule has 1 saturated heterocycles. The molecule has 1 fully saturated rings. The molecule has 1 aliphatic rings.